The highest BCUT2D eigenvalue weighted by molar-refractivity contribution is 5.98. The van der Waals surface area contributed by atoms with Crippen LogP contribution in [0.4, 0.5) is 5.82 Å². The number of hydrogen-bond acceptors (Lipinski definition) is 5. The van der Waals surface area contributed by atoms with E-state index in [9.17, 15) is 9.59 Å². The van der Waals surface area contributed by atoms with Gasteiger partial charge in [0.15, 0.2) is 0 Å². The lowest BCUT2D eigenvalue weighted by Crippen LogP contribution is -2.09. The van der Waals surface area contributed by atoms with Crippen LogP contribution in [0.15, 0.2) is 63.8 Å². The van der Waals surface area contributed by atoms with Crippen molar-refractivity contribution in [3.8, 4) is 11.1 Å². The maximum atomic E-state index is 12.8. The van der Waals surface area contributed by atoms with E-state index in [1.54, 1.807) is 12.1 Å². The summed E-state index contributed by atoms with van der Waals surface area (Å²) in [5.74, 6) is -1.44. The number of rotatable bonds is 2. The molecule has 0 fully saturated rings. The Morgan fingerprint density at radius 3 is 2.48 bits per heavy atom. The van der Waals surface area contributed by atoms with Crippen LogP contribution < -0.4 is 11.2 Å². The first-order valence-corrected chi connectivity index (χ1v) is 7.50. The van der Waals surface area contributed by atoms with Crippen molar-refractivity contribution in [1.29, 1.82) is 0 Å². The third kappa shape index (κ3) is 2.40. The van der Waals surface area contributed by atoms with Crippen molar-refractivity contribution in [3.05, 3.63) is 70.4 Å². The molecule has 25 heavy (non-hydrogen) atoms. The molecule has 0 bridgehead atoms. The normalized spacial score (nSPS) is 11.0. The fourth-order valence-electron chi connectivity index (χ4n) is 2.78. The van der Waals surface area contributed by atoms with Gasteiger partial charge in [0.2, 0.25) is 11.1 Å². The Balaban J connectivity index is 2.04. The lowest BCUT2D eigenvalue weighted by atomic mass is 10.0. The summed E-state index contributed by atoms with van der Waals surface area (Å²) in [5.41, 5.74) is 7.28. The number of fused-ring (bicyclic) bond motifs is 2. The molecule has 0 aliphatic rings. The van der Waals surface area contributed by atoms with E-state index < -0.39 is 5.97 Å². The number of carboxylic acid groups (broad SMARTS) is 1. The molecule has 0 saturated heterocycles. The Morgan fingerprint density at radius 1 is 1.00 bits per heavy atom. The number of nitrogen functional groups attached to an aromatic ring is 1. The molecule has 122 valence electrons. The van der Waals surface area contributed by atoms with E-state index >= 15 is 0 Å². The number of aromatic carboxylic acids is 1. The molecule has 0 aliphatic heterocycles. The molecule has 6 heteroatoms. The summed E-state index contributed by atoms with van der Waals surface area (Å²) in [6, 6.07) is 16.1. The lowest BCUT2D eigenvalue weighted by molar-refractivity contribution is 0.0698. The van der Waals surface area contributed by atoms with Crippen LogP contribution in [0.5, 0.6) is 0 Å². The second-order valence-electron chi connectivity index (χ2n) is 5.59. The molecule has 2 heterocycles. The van der Waals surface area contributed by atoms with E-state index in [1.807, 2.05) is 36.4 Å². The van der Waals surface area contributed by atoms with Crippen LogP contribution in [0.3, 0.4) is 0 Å². The number of pyridine rings is 1. The van der Waals surface area contributed by atoms with Gasteiger partial charge >= 0.3 is 5.97 Å². The minimum absolute atomic E-state index is 0.0208. The van der Waals surface area contributed by atoms with E-state index in [0.29, 0.717) is 11.0 Å². The van der Waals surface area contributed by atoms with Crippen molar-refractivity contribution in [2.24, 2.45) is 0 Å². The molecule has 4 rings (SSSR count). The maximum Gasteiger partial charge on any atom is 0.339 e. The Morgan fingerprint density at radius 2 is 1.76 bits per heavy atom. The van der Waals surface area contributed by atoms with Gasteiger partial charge in [-0.05, 0) is 29.3 Å². The minimum atomic E-state index is -1.25. The number of benzene rings is 2. The van der Waals surface area contributed by atoms with Crippen molar-refractivity contribution >= 4 is 33.9 Å². The van der Waals surface area contributed by atoms with Crippen LogP contribution in [0.2, 0.25) is 0 Å². The minimum Gasteiger partial charge on any atom is -0.478 e. The highest BCUT2D eigenvalue weighted by atomic mass is 16.4. The van der Waals surface area contributed by atoms with Gasteiger partial charge in [-0.2, -0.15) is 4.98 Å². The highest BCUT2D eigenvalue weighted by Gasteiger charge is 2.16. The molecule has 0 spiro atoms. The molecule has 3 N–H and O–H groups in total. The number of nitrogens with two attached hydrogens (primary N) is 1. The van der Waals surface area contributed by atoms with E-state index in [0.717, 1.165) is 11.1 Å². The molecule has 0 atom stereocenters. The molecular formula is C19H12N2O4. The van der Waals surface area contributed by atoms with Crippen LogP contribution in [0, 0.1) is 0 Å². The fourth-order valence-corrected chi connectivity index (χ4v) is 2.78. The van der Waals surface area contributed by atoms with Gasteiger partial charge in [-0.15, -0.1) is 0 Å². The number of hydrogen-bond donors (Lipinski definition) is 2. The van der Waals surface area contributed by atoms with E-state index in [-0.39, 0.29) is 27.9 Å². The Bertz CT molecular complexity index is 1200. The predicted octanol–water partition coefficient (Wildman–Crippen LogP) is 3.29. The van der Waals surface area contributed by atoms with Gasteiger partial charge in [0.1, 0.15) is 17.0 Å². The van der Waals surface area contributed by atoms with Crippen molar-refractivity contribution in [1.82, 2.24) is 4.98 Å². The van der Waals surface area contributed by atoms with Crippen LogP contribution in [0.1, 0.15) is 10.4 Å². The number of anilines is 1. The monoisotopic (exact) mass is 332 g/mol. The van der Waals surface area contributed by atoms with Gasteiger partial charge < -0.3 is 15.3 Å². The van der Waals surface area contributed by atoms with Gasteiger partial charge in [-0.3, -0.25) is 4.79 Å². The number of nitrogens with zero attached hydrogens (tertiary/aromatic N) is 1. The summed E-state index contributed by atoms with van der Waals surface area (Å²) in [4.78, 5) is 28.0. The average molecular weight is 332 g/mol. The molecule has 2 aromatic heterocycles. The zero-order valence-corrected chi connectivity index (χ0v) is 12.9. The Labute approximate surface area is 141 Å². The number of carboxylic acids is 1. The summed E-state index contributed by atoms with van der Waals surface area (Å²) in [7, 11) is 0. The van der Waals surface area contributed by atoms with E-state index in [2.05, 4.69) is 4.98 Å². The highest BCUT2D eigenvalue weighted by Crippen LogP contribution is 2.25. The molecule has 0 aliphatic carbocycles. The van der Waals surface area contributed by atoms with Crippen molar-refractivity contribution in [2.45, 2.75) is 0 Å². The largest absolute Gasteiger partial charge is 0.478 e. The van der Waals surface area contributed by atoms with Crippen LogP contribution >= 0.6 is 0 Å². The lowest BCUT2D eigenvalue weighted by Gasteiger charge is -2.06. The average Bonchev–Trinajstić information content (AvgIpc) is 2.62. The second kappa shape index (κ2) is 5.45. The standard InChI is InChI=1S/C19H12N2O4/c20-17-14(19(23)24)9-13-16(22)12-8-11(10-4-2-1-3-5-10)6-7-15(12)25-18(13)21-17/h1-9H,(H2,20,21)(H,23,24). The third-order valence-electron chi connectivity index (χ3n) is 4.03. The Hall–Kier alpha value is -3.67. The number of carbonyl (C=O) groups is 1. The zero-order chi connectivity index (χ0) is 17.6. The van der Waals surface area contributed by atoms with Gasteiger partial charge in [0.05, 0.1) is 10.8 Å². The first-order valence-electron chi connectivity index (χ1n) is 7.50. The quantitative estimate of drug-likeness (QED) is 0.546. The van der Waals surface area contributed by atoms with Crippen molar-refractivity contribution in [2.75, 3.05) is 5.73 Å². The van der Waals surface area contributed by atoms with E-state index in [1.165, 1.54) is 6.07 Å². The van der Waals surface area contributed by atoms with Gasteiger partial charge in [-0.1, -0.05) is 36.4 Å². The molecule has 0 unspecified atom stereocenters. The molecular weight excluding hydrogens is 320 g/mol. The SMILES string of the molecule is Nc1nc2oc3ccc(-c4ccccc4)cc3c(=O)c2cc1C(=O)O. The Kier molecular flexibility index (Phi) is 3.25. The summed E-state index contributed by atoms with van der Waals surface area (Å²) in [6.07, 6.45) is 0. The molecule has 0 amide bonds. The zero-order valence-electron chi connectivity index (χ0n) is 12.9. The van der Waals surface area contributed by atoms with Crippen molar-refractivity contribution < 1.29 is 14.3 Å². The molecule has 6 nitrogen and oxygen atoms in total. The third-order valence-corrected chi connectivity index (χ3v) is 4.03. The first kappa shape index (κ1) is 14.9. The predicted molar refractivity (Wildman–Crippen MR) is 94.6 cm³/mol. The van der Waals surface area contributed by atoms with Gasteiger partial charge in [0, 0.05) is 0 Å². The van der Waals surface area contributed by atoms with Crippen molar-refractivity contribution in [3.63, 3.8) is 0 Å². The molecule has 2 aromatic carbocycles. The smallest absolute Gasteiger partial charge is 0.339 e. The van der Waals surface area contributed by atoms with Crippen LogP contribution in [-0.4, -0.2) is 16.1 Å². The summed E-state index contributed by atoms with van der Waals surface area (Å²) < 4.78 is 5.65. The van der Waals surface area contributed by atoms with Gasteiger partial charge in [-0.25, -0.2) is 4.79 Å². The van der Waals surface area contributed by atoms with E-state index in [4.69, 9.17) is 15.3 Å². The second-order valence-corrected chi connectivity index (χ2v) is 5.59. The van der Waals surface area contributed by atoms with Gasteiger partial charge in [0.25, 0.3) is 0 Å². The molecule has 0 radical (unpaired) electrons. The summed E-state index contributed by atoms with van der Waals surface area (Å²) in [6.45, 7) is 0. The van der Waals surface area contributed by atoms with Crippen LogP contribution in [-0.2, 0) is 0 Å². The number of aromatic nitrogens is 1. The fraction of sp³-hybridized carbons (Fsp3) is 0. The topological polar surface area (TPSA) is 106 Å². The molecule has 4 aromatic rings. The first-order chi connectivity index (χ1) is 12.0. The summed E-state index contributed by atoms with van der Waals surface area (Å²) >= 11 is 0. The van der Waals surface area contributed by atoms with Crippen LogP contribution in [0.25, 0.3) is 33.2 Å². The summed E-state index contributed by atoms with van der Waals surface area (Å²) in [5, 5.41) is 9.61. The maximum absolute atomic E-state index is 12.8. The molecule has 0 saturated carbocycles.